The molecule has 0 aliphatic heterocycles. The molecule has 0 heterocycles. The molecule has 0 bridgehead atoms. The van der Waals surface area contributed by atoms with Gasteiger partial charge in [0.25, 0.3) is 0 Å². The molecule has 2 atom stereocenters. The Labute approximate surface area is 432 Å². The first-order chi connectivity index (χ1) is 33.8. The molecular formula is C56H48Cl2F12SiZr. The number of fused-ring (bicyclic) bond motifs is 2. The summed E-state index contributed by atoms with van der Waals surface area (Å²) in [6.07, 6.45) is -17.9. The summed E-state index contributed by atoms with van der Waals surface area (Å²) in [4.78, 5) is 0. The van der Waals surface area contributed by atoms with Gasteiger partial charge in [-0.1, -0.05) is 138 Å². The van der Waals surface area contributed by atoms with Crippen LogP contribution in [0, 0.1) is 0 Å². The maximum atomic E-state index is 13.6. The van der Waals surface area contributed by atoms with E-state index in [2.05, 4.69) is 13.1 Å². The number of rotatable bonds is 8. The van der Waals surface area contributed by atoms with Crippen molar-refractivity contribution in [1.29, 1.82) is 0 Å². The second-order valence-electron chi connectivity index (χ2n) is 17.1. The van der Waals surface area contributed by atoms with Crippen molar-refractivity contribution in [3.8, 4) is 44.5 Å². The summed E-state index contributed by atoms with van der Waals surface area (Å²) in [5, 5.41) is 2.84. The summed E-state index contributed by atoms with van der Waals surface area (Å²) < 4.78 is 163. The van der Waals surface area contributed by atoms with Crippen molar-refractivity contribution in [3.63, 3.8) is 0 Å². The summed E-state index contributed by atoms with van der Waals surface area (Å²) in [7, 11) is 11.0. The Balaban J connectivity index is 0.000000241. The average Bonchev–Trinajstić information content (AvgIpc) is 3.98. The van der Waals surface area contributed by atoms with E-state index in [1.54, 1.807) is 72.8 Å². The second-order valence-corrected chi connectivity index (χ2v) is 21.8. The number of halogens is 14. The first-order valence-corrected chi connectivity index (χ1v) is 30.9. The molecule has 8 aromatic carbocycles. The van der Waals surface area contributed by atoms with Gasteiger partial charge < -0.3 is 0 Å². The summed E-state index contributed by atoms with van der Waals surface area (Å²) in [6, 6.07) is 36.5. The van der Waals surface area contributed by atoms with Gasteiger partial charge >= 0.3 is 62.6 Å². The van der Waals surface area contributed by atoms with Gasteiger partial charge in [0, 0.05) is 9.52 Å². The molecule has 0 aliphatic carbocycles. The third kappa shape index (κ3) is 14.4. The third-order valence-corrected chi connectivity index (χ3v) is 12.1. The van der Waals surface area contributed by atoms with Crippen molar-refractivity contribution in [2.24, 2.45) is 0 Å². The predicted octanol–water partition coefficient (Wildman–Crippen LogP) is 21.1. The molecule has 0 N–H and O–H groups in total. The van der Waals surface area contributed by atoms with Crippen LogP contribution in [0.5, 0.6) is 0 Å². The molecular weight excluding hydrogens is 1090 g/mol. The number of hydrogen-bond acceptors (Lipinski definition) is 0. The van der Waals surface area contributed by atoms with Crippen molar-refractivity contribution in [2.75, 3.05) is 0 Å². The summed E-state index contributed by atoms with van der Waals surface area (Å²) >= 11 is -0.826. The molecule has 72 heavy (non-hydrogen) atoms. The fraction of sp³-hybridized carbons (Fsp3) is 0.250. The Bertz CT molecular complexity index is 2750. The van der Waals surface area contributed by atoms with Crippen LogP contribution in [0.2, 0.25) is 13.1 Å². The van der Waals surface area contributed by atoms with E-state index in [1.165, 1.54) is 0 Å². The van der Waals surface area contributed by atoms with Crippen molar-refractivity contribution in [1.82, 2.24) is 0 Å². The zero-order valence-electron chi connectivity index (χ0n) is 39.7. The number of hydrogen-bond donors (Lipinski definition) is 0. The van der Waals surface area contributed by atoms with Gasteiger partial charge in [-0.15, -0.1) is 56.9 Å². The van der Waals surface area contributed by atoms with E-state index in [0.29, 0.717) is 44.2 Å². The van der Waals surface area contributed by atoms with Gasteiger partial charge in [0.2, 0.25) is 0 Å². The first kappa shape index (κ1) is 58.3. The Morgan fingerprint density at radius 2 is 0.722 bits per heavy atom. The molecule has 0 saturated heterocycles. The van der Waals surface area contributed by atoms with Gasteiger partial charge in [0.15, 0.2) is 0 Å². The van der Waals surface area contributed by atoms with E-state index in [0.717, 1.165) is 68.5 Å². The topological polar surface area (TPSA) is 0 Å². The Morgan fingerprint density at radius 3 is 0.972 bits per heavy atom. The molecule has 8 rings (SSSR count). The zero-order chi connectivity index (χ0) is 53.3. The van der Waals surface area contributed by atoms with Crippen molar-refractivity contribution >= 4 is 48.1 Å². The van der Waals surface area contributed by atoms with Crippen LogP contribution in [0.15, 0.2) is 146 Å². The molecule has 378 valence electrons. The fourth-order valence-corrected chi connectivity index (χ4v) is 8.19. The molecule has 8 aromatic rings. The summed E-state index contributed by atoms with van der Waals surface area (Å²) in [5.74, 6) is 0.412. The van der Waals surface area contributed by atoms with Gasteiger partial charge in [-0.05, 0) is 81.6 Å². The Hall–Kier alpha value is -4.62. The van der Waals surface area contributed by atoms with Gasteiger partial charge in [-0.2, -0.15) is 64.8 Å². The molecule has 0 fully saturated rings. The van der Waals surface area contributed by atoms with Crippen LogP contribution >= 0.6 is 17.0 Å². The molecule has 2 radical (unpaired) electrons. The Kier molecular flexibility index (Phi) is 19.9. The average molecular weight is 1140 g/mol. The fourth-order valence-electron chi connectivity index (χ4n) is 8.19. The van der Waals surface area contributed by atoms with E-state index in [9.17, 15) is 52.7 Å². The first-order valence-electron chi connectivity index (χ1n) is 22.5. The van der Waals surface area contributed by atoms with Crippen molar-refractivity contribution in [2.45, 2.75) is 90.2 Å². The van der Waals surface area contributed by atoms with E-state index in [-0.39, 0.29) is 35.1 Å². The quantitative estimate of drug-likeness (QED) is 0.0808. The molecule has 0 aliphatic rings. The van der Waals surface area contributed by atoms with Crippen LogP contribution < -0.4 is 0 Å². The van der Waals surface area contributed by atoms with Crippen LogP contribution in [-0.4, -0.2) is 9.52 Å². The minimum absolute atomic E-state index is 0.108. The van der Waals surface area contributed by atoms with Gasteiger partial charge in [-0.25, -0.2) is 0 Å². The minimum atomic E-state index is -4.91. The monoisotopic (exact) mass is 1140 g/mol. The van der Waals surface area contributed by atoms with E-state index in [1.807, 2.05) is 64.1 Å². The molecule has 0 spiro atoms. The molecule has 0 saturated carbocycles. The van der Waals surface area contributed by atoms with Crippen LogP contribution in [-0.2, 0) is 45.6 Å². The summed E-state index contributed by atoms with van der Waals surface area (Å²) in [5.41, 5.74) is -0.181. The normalized spacial score (nSPS) is 12.7. The molecule has 2 unspecified atom stereocenters. The second kappa shape index (κ2) is 24.6. The standard InChI is InChI=1S/2C27H21F6.C2H6Si.2ClH.Zr/c2*1-3-16(2)19-11-18-9-10-23(17-7-5-4-6-8-17)25(24(18)14-19)20-12-21(26(28,29)30)15-22(13-20)27(31,32)33;1-3-2;;;/h2*4-16H,3H2,1-2H3;1-2H3;2*1H;/q2*-1;;;;+4/p-2. The third-order valence-electron chi connectivity index (χ3n) is 12.1. The molecule has 16 heteroatoms. The number of alkyl halides is 12. The van der Waals surface area contributed by atoms with Gasteiger partial charge in [0.05, 0.1) is 22.3 Å². The number of benzene rings is 6. The molecule has 0 aromatic heterocycles. The predicted molar refractivity (Wildman–Crippen MR) is 267 cm³/mol. The van der Waals surface area contributed by atoms with E-state index in [4.69, 9.17) is 17.0 Å². The van der Waals surface area contributed by atoms with Gasteiger partial charge in [0.1, 0.15) is 0 Å². The van der Waals surface area contributed by atoms with Crippen LogP contribution in [0.25, 0.3) is 66.1 Å². The maximum absolute atomic E-state index is 13.6. The summed E-state index contributed by atoms with van der Waals surface area (Å²) in [6.45, 7) is 12.4. The van der Waals surface area contributed by atoms with Crippen LogP contribution in [0.4, 0.5) is 52.7 Å². The molecule has 0 amide bonds. The Morgan fingerprint density at radius 1 is 0.444 bits per heavy atom. The van der Waals surface area contributed by atoms with E-state index < -0.39 is 67.8 Å². The zero-order valence-corrected chi connectivity index (χ0v) is 44.7. The van der Waals surface area contributed by atoms with Crippen LogP contribution in [0.1, 0.15) is 85.8 Å². The van der Waals surface area contributed by atoms with E-state index >= 15 is 0 Å². The van der Waals surface area contributed by atoms with Crippen LogP contribution in [0.3, 0.4) is 0 Å². The molecule has 0 nitrogen and oxygen atoms in total. The van der Waals surface area contributed by atoms with Crippen molar-refractivity contribution in [3.05, 3.63) is 179 Å². The SMILES string of the molecule is CCC(C)c1cc2c(-c3cc(C(F)(F)F)cc(C(F)(F)F)c3)c(-c3ccccc3)ccc2[cH-]1.CCC(C)c1cc2c(-c3cc(C(F)(F)F)cc(C(F)(F)F)c3)c(-c3ccccc3)ccc2[cH-]1.C[Si]C.[Cl][Zr+2][Cl]. The van der Waals surface area contributed by atoms with Gasteiger partial charge in [-0.3, -0.25) is 0 Å². The van der Waals surface area contributed by atoms with Crippen molar-refractivity contribution < 1.29 is 73.5 Å².